The maximum absolute atomic E-state index is 3.89. The molecule has 0 heteroatoms. The molecule has 0 nitrogen and oxygen atoms in total. The highest BCUT2D eigenvalue weighted by Gasteiger charge is 2.38. The lowest BCUT2D eigenvalue weighted by molar-refractivity contribution is 0.467. The zero-order valence-corrected chi connectivity index (χ0v) is 13.5. The van der Waals surface area contributed by atoms with Crippen molar-refractivity contribution in [3.05, 3.63) is 85.1 Å². The van der Waals surface area contributed by atoms with Crippen molar-refractivity contribution in [3.8, 4) is 0 Å². The number of hydrogen-bond donors (Lipinski definition) is 0. The van der Waals surface area contributed by atoms with Crippen molar-refractivity contribution in [1.29, 1.82) is 0 Å². The Kier molecular flexibility index (Phi) is 9.95. The van der Waals surface area contributed by atoms with Gasteiger partial charge in [0.15, 0.2) is 0 Å². The second kappa shape index (κ2) is 10.8. The summed E-state index contributed by atoms with van der Waals surface area (Å²) >= 11 is 0. The molecule has 1 aliphatic rings. The monoisotopic (exact) mass is 296 g/mol. The lowest BCUT2D eigenvalue weighted by atomic mass is 9.71. The molecule has 0 N–H and O–H groups in total. The molecule has 0 bridgehead atoms. The van der Waals surface area contributed by atoms with Gasteiger partial charge in [-0.3, -0.25) is 0 Å². The first-order chi connectivity index (χ1) is 10.2. The van der Waals surface area contributed by atoms with Gasteiger partial charge in [0, 0.05) is 5.41 Å². The van der Waals surface area contributed by atoms with Crippen molar-refractivity contribution in [2.45, 2.75) is 47.0 Å². The predicted octanol–water partition coefficient (Wildman–Crippen LogP) is 7.12. The summed E-state index contributed by atoms with van der Waals surface area (Å²) in [4.78, 5) is 0. The van der Waals surface area contributed by atoms with Crippen LogP contribution < -0.4 is 0 Å². The van der Waals surface area contributed by atoms with Gasteiger partial charge in [-0.15, -0.1) is 0 Å². The van der Waals surface area contributed by atoms with Gasteiger partial charge in [0.2, 0.25) is 0 Å². The number of allylic oxidation sites excluding steroid dienone is 12. The molecule has 1 rings (SSSR count). The Balaban J connectivity index is 0.00000441. The van der Waals surface area contributed by atoms with Crippen LogP contribution in [0.2, 0.25) is 0 Å². The van der Waals surface area contributed by atoms with Gasteiger partial charge in [0.05, 0.1) is 0 Å². The largest absolute Gasteiger partial charge is 0.0991 e. The fraction of sp³-hybridized carbons (Fsp3) is 0.364. The molecule has 120 valence electrons. The van der Waals surface area contributed by atoms with Crippen LogP contribution in [0.25, 0.3) is 0 Å². The molecule has 0 unspecified atom stereocenters. The van der Waals surface area contributed by atoms with Crippen LogP contribution in [0, 0.1) is 5.41 Å². The second-order valence-electron chi connectivity index (χ2n) is 5.39. The van der Waals surface area contributed by atoms with Gasteiger partial charge in [0.1, 0.15) is 0 Å². The molecule has 0 heterocycles. The van der Waals surface area contributed by atoms with Crippen LogP contribution in [0.5, 0.6) is 0 Å². The average molecular weight is 296 g/mol. The molecule has 0 atom stereocenters. The van der Waals surface area contributed by atoms with E-state index in [0.717, 1.165) is 0 Å². The molecule has 1 saturated carbocycles. The summed E-state index contributed by atoms with van der Waals surface area (Å²) in [5.74, 6) is 0. The molecule has 1 fully saturated rings. The van der Waals surface area contributed by atoms with Gasteiger partial charge in [-0.05, 0) is 37.8 Å². The van der Waals surface area contributed by atoms with Crippen molar-refractivity contribution in [2.24, 2.45) is 5.41 Å². The average Bonchev–Trinajstić information content (AvgIpc) is 2.98. The maximum Gasteiger partial charge on any atom is 0.0202 e. The molecule has 0 aromatic heterocycles. The molecule has 0 spiro atoms. The molecule has 0 radical (unpaired) electrons. The molecule has 0 saturated heterocycles. The fourth-order valence-electron chi connectivity index (χ4n) is 3.15. The van der Waals surface area contributed by atoms with E-state index >= 15 is 0 Å². The van der Waals surface area contributed by atoms with Crippen LogP contribution in [0.4, 0.5) is 0 Å². The topological polar surface area (TPSA) is 0 Å². The summed E-state index contributed by atoms with van der Waals surface area (Å²) in [6.45, 7) is 11.8. The Labute approximate surface area is 138 Å². The van der Waals surface area contributed by atoms with E-state index in [1.54, 1.807) is 0 Å². The number of rotatable bonds is 7. The van der Waals surface area contributed by atoms with Crippen LogP contribution in [0.15, 0.2) is 85.1 Å². The van der Waals surface area contributed by atoms with Crippen molar-refractivity contribution >= 4 is 0 Å². The van der Waals surface area contributed by atoms with Crippen LogP contribution >= 0.6 is 0 Å². The van der Waals surface area contributed by atoms with Gasteiger partial charge in [-0.1, -0.05) is 94.2 Å². The van der Waals surface area contributed by atoms with E-state index < -0.39 is 0 Å². The van der Waals surface area contributed by atoms with E-state index in [4.69, 9.17) is 0 Å². The Morgan fingerprint density at radius 2 is 1.45 bits per heavy atom. The third-order valence-electron chi connectivity index (χ3n) is 4.09. The van der Waals surface area contributed by atoms with Crippen molar-refractivity contribution < 1.29 is 0 Å². The zero-order valence-electron chi connectivity index (χ0n) is 13.5. The fourth-order valence-corrected chi connectivity index (χ4v) is 3.15. The summed E-state index contributed by atoms with van der Waals surface area (Å²) < 4.78 is 0. The van der Waals surface area contributed by atoms with Crippen molar-refractivity contribution in [3.63, 3.8) is 0 Å². The molecular weight excluding hydrogens is 264 g/mol. The molecule has 0 aromatic rings. The SMILES string of the molecule is C.C=C/C=C\C(=C/C=C)C1(C(/C=C\C)=C/C=C\C)CCCC1. The van der Waals surface area contributed by atoms with E-state index in [-0.39, 0.29) is 12.8 Å². The summed E-state index contributed by atoms with van der Waals surface area (Å²) in [5, 5.41) is 0. The smallest absolute Gasteiger partial charge is 0.0202 e. The normalized spacial score (nSPS) is 19.0. The van der Waals surface area contributed by atoms with Crippen LogP contribution in [0.1, 0.15) is 47.0 Å². The third kappa shape index (κ3) is 4.87. The summed E-state index contributed by atoms with van der Waals surface area (Å²) in [6, 6.07) is 0. The van der Waals surface area contributed by atoms with E-state index in [0.29, 0.717) is 0 Å². The van der Waals surface area contributed by atoms with Crippen LogP contribution in [0.3, 0.4) is 0 Å². The van der Waals surface area contributed by atoms with E-state index in [9.17, 15) is 0 Å². The Morgan fingerprint density at radius 1 is 0.818 bits per heavy atom. The van der Waals surface area contributed by atoms with Crippen molar-refractivity contribution in [2.75, 3.05) is 0 Å². The van der Waals surface area contributed by atoms with Gasteiger partial charge < -0.3 is 0 Å². The van der Waals surface area contributed by atoms with Gasteiger partial charge in [0.25, 0.3) is 0 Å². The molecule has 0 amide bonds. The second-order valence-corrected chi connectivity index (χ2v) is 5.39. The minimum Gasteiger partial charge on any atom is -0.0991 e. The lowest BCUT2D eigenvalue weighted by Crippen LogP contribution is -2.21. The first-order valence-electron chi connectivity index (χ1n) is 7.83. The minimum atomic E-state index is 0. The quantitative estimate of drug-likeness (QED) is 0.439. The van der Waals surface area contributed by atoms with Gasteiger partial charge >= 0.3 is 0 Å². The highest BCUT2D eigenvalue weighted by atomic mass is 14.4. The third-order valence-corrected chi connectivity index (χ3v) is 4.09. The molecule has 0 aliphatic heterocycles. The first-order valence-corrected chi connectivity index (χ1v) is 7.83. The van der Waals surface area contributed by atoms with Gasteiger partial charge in [-0.25, -0.2) is 0 Å². The molecule has 0 aromatic carbocycles. The van der Waals surface area contributed by atoms with Crippen LogP contribution in [-0.4, -0.2) is 0 Å². The van der Waals surface area contributed by atoms with E-state index in [1.807, 2.05) is 18.2 Å². The molecular formula is C22H32. The Morgan fingerprint density at radius 3 is 1.95 bits per heavy atom. The maximum atomic E-state index is 3.89. The Bertz CT molecular complexity index is 482. The van der Waals surface area contributed by atoms with E-state index in [1.165, 1.54) is 36.8 Å². The highest BCUT2D eigenvalue weighted by Crippen LogP contribution is 2.50. The lowest BCUT2D eigenvalue weighted by Gasteiger charge is -2.32. The van der Waals surface area contributed by atoms with Gasteiger partial charge in [-0.2, -0.15) is 0 Å². The standard InChI is InChI=1S/C21H28.CH4/c1-5-9-15-19(13-7-3)21(17-11-12-18-21)20(14-8-4)16-10-6-2;/h5-10,13-16H,1,3,11-12,17-18H2,2,4H3;1H4/b10-6-,14-8-,15-9-,19-13+,20-16+;. The summed E-state index contributed by atoms with van der Waals surface area (Å²) in [7, 11) is 0. The summed E-state index contributed by atoms with van der Waals surface area (Å²) in [6.07, 6.45) is 25.9. The number of hydrogen-bond acceptors (Lipinski definition) is 0. The molecule has 22 heavy (non-hydrogen) atoms. The first kappa shape index (κ1) is 20.2. The highest BCUT2D eigenvalue weighted by molar-refractivity contribution is 5.45. The van der Waals surface area contributed by atoms with Crippen molar-refractivity contribution in [1.82, 2.24) is 0 Å². The zero-order chi connectivity index (χ0) is 15.6. The van der Waals surface area contributed by atoms with E-state index in [2.05, 4.69) is 69.5 Å². The summed E-state index contributed by atoms with van der Waals surface area (Å²) in [5.41, 5.74) is 2.84. The molecule has 1 aliphatic carbocycles. The van der Waals surface area contributed by atoms with Crippen LogP contribution in [-0.2, 0) is 0 Å². The Hall–Kier alpha value is -1.82. The minimum absolute atomic E-state index is 0. The predicted molar refractivity (Wildman–Crippen MR) is 103 cm³/mol.